The SMILES string of the molecule is C[Si](C)[N-][Si](C)C.[CH-]1CC1.[CH-]1CC1.[CH3-].[Zr+4]. The van der Waals surface area contributed by atoms with E-state index in [2.05, 4.69) is 43.7 Å². The van der Waals surface area contributed by atoms with Crippen LogP contribution >= 0.6 is 0 Å². The number of rotatable bonds is 2. The molecule has 1 nitrogen and oxygen atoms in total. The summed E-state index contributed by atoms with van der Waals surface area (Å²) in [6.07, 6.45) is 10.0. The Labute approximate surface area is 120 Å². The van der Waals surface area contributed by atoms with Crippen LogP contribution in [0.1, 0.15) is 25.7 Å². The molecule has 2 radical (unpaired) electrons. The Hall–Kier alpha value is 1.28. The van der Waals surface area contributed by atoms with E-state index >= 15 is 0 Å². The summed E-state index contributed by atoms with van der Waals surface area (Å²) in [4.78, 5) is 0. The normalized spacial score (nSPS) is 14.8. The van der Waals surface area contributed by atoms with Gasteiger partial charge in [0.05, 0.1) is 0 Å². The third-order valence-corrected chi connectivity index (χ3v) is 4.60. The first-order chi connectivity index (χ1) is 6.13. The van der Waals surface area contributed by atoms with Gasteiger partial charge in [0.1, 0.15) is 0 Å². The van der Waals surface area contributed by atoms with Gasteiger partial charge in [0.25, 0.3) is 0 Å². The molecule has 0 unspecified atom stereocenters. The van der Waals surface area contributed by atoms with E-state index in [-0.39, 0.29) is 51.5 Å². The summed E-state index contributed by atoms with van der Waals surface area (Å²) in [5.41, 5.74) is 0. The Kier molecular flexibility index (Phi) is 21.9. The number of hydrogen-bond acceptors (Lipinski definition) is 0. The molecule has 2 fully saturated rings. The Morgan fingerprint density at radius 1 is 0.800 bits per heavy atom. The van der Waals surface area contributed by atoms with Crippen LogP contribution in [0.5, 0.6) is 0 Å². The average molecular weight is 319 g/mol. The fourth-order valence-electron chi connectivity index (χ4n) is 0.447. The topological polar surface area (TPSA) is 14.1 Å². The van der Waals surface area contributed by atoms with Crippen molar-refractivity contribution in [1.82, 2.24) is 0 Å². The smallest absolute Gasteiger partial charge is 0.673 e. The van der Waals surface area contributed by atoms with Crippen LogP contribution in [0, 0.1) is 20.3 Å². The largest absolute Gasteiger partial charge is 4.00 e. The van der Waals surface area contributed by atoms with Crippen molar-refractivity contribution in [2.75, 3.05) is 0 Å². The maximum Gasteiger partial charge on any atom is 4.00 e. The zero-order valence-electron chi connectivity index (χ0n) is 10.9. The van der Waals surface area contributed by atoms with Gasteiger partial charge in [-0.15, -0.1) is 0 Å². The van der Waals surface area contributed by atoms with Gasteiger partial charge < -0.3 is 24.9 Å². The van der Waals surface area contributed by atoms with Crippen molar-refractivity contribution < 1.29 is 26.2 Å². The van der Waals surface area contributed by atoms with E-state index in [1.165, 1.54) is 25.7 Å². The molecule has 0 N–H and O–H groups in total. The molecule has 2 saturated carbocycles. The van der Waals surface area contributed by atoms with Gasteiger partial charge in [-0.1, -0.05) is 44.1 Å². The first-order valence-electron chi connectivity index (χ1n) is 5.08. The van der Waals surface area contributed by atoms with Gasteiger partial charge in [0.15, 0.2) is 0 Å². The molecular formula is C11H25NSi2Zr. The molecule has 0 saturated heterocycles. The van der Waals surface area contributed by atoms with Gasteiger partial charge >= 0.3 is 26.2 Å². The quantitative estimate of drug-likeness (QED) is 0.533. The predicted molar refractivity (Wildman–Crippen MR) is 71.8 cm³/mol. The van der Waals surface area contributed by atoms with Crippen molar-refractivity contribution in [2.24, 2.45) is 0 Å². The second-order valence-electron chi connectivity index (χ2n) is 3.74. The predicted octanol–water partition coefficient (Wildman–Crippen LogP) is 4.28. The van der Waals surface area contributed by atoms with Gasteiger partial charge in [-0.2, -0.15) is 0 Å². The molecule has 0 aromatic heterocycles. The van der Waals surface area contributed by atoms with Crippen molar-refractivity contribution in [1.29, 1.82) is 0 Å². The molecule has 2 aliphatic carbocycles. The molecular weight excluding hydrogens is 294 g/mol. The van der Waals surface area contributed by atoms with E-state index in [1.807, 2.05) is 0 Å². The molecule has 4 heteroatoms. The van der Waals surface area contributed by atoms with Crippen LogP contribution in [0.4, 0.5) is 0 Å². The minimum atomic E-state index is -0.264. The first kappa shape index (κ1) is 21.6. The van der Waals surface area contributed by atoms with Gasteiger partial charge in [-0.05, 0) is 0 Å². The molecule has 0 aromatic rings. The average Bonchev–Trinajstić information content (AvgIpc) is 2.83. The molecule has 0 amide bonds. The Bertz CT molecular complexity index is 89.3. The molecule has 0 bridgehead atoms. The van der Waals surface area contributed by atoms with Crippen LogP contribution in [0.25, 0.3) is 4.65 Å². The summed E-state index contributed by atoms with van der Waals surface area (Å²) in [5.74, 6) is 0. The summed E-state index contributed by atoms with van der Waals surface area (Å²) in [6.45, 7) is 8.90. The van der Waals surface area contributed by atoms with Crippen molar-refractivity contribution >= 4 is 17.9 Å². The van der Waals surface area contributed by atoms with Crippen LogP contribution in [0.3, 0.4) is 0 Å². The molecule has 15 heavy (non-hydrogen) atoms. The fraction of sp³-hybridized carbons (Fsp3) is 0.727. The van der Waals surface area contributed by atoms with Crippen molar-refractivity contribution in [3.05, 3.63) is 24.9 Å². The van der Waals surface area contributed by atoms with Gasteiger partial charge in [0, 0.05) is 0 Å². The summed E-state index contributed by atoms with van der Waals surface area (Å²) in [5, 5.41) is 0. The van der Waals surface area contributed by atoms with Crippen LogP contribution in [0.15, 0.2) is 0 Å². The first-order valence-corrected chi connectivity index (χ1v) is 9.97. The monoisotopic (exact) mass is 317 g/mol. The second-order valence-corrected chi connectivity index (χ2v) is 8.42. The molecule has 2 rings (SSSR count). The van der Waals surface area contributed by atoms with Gasteiger partial charge in [-0.3, -0.25) is 0 Å². The zero-order chi connectivity index (χ0) is 10.1. The van der Waals surface area contributed by atoms with E-state index in [0.717, 1.165) is 0 Å². The van der Waals surface area contributed by atoms with E-state index in [0.29, 0.717) is 0 Å². The van der Waals surface area contributed by atoms with Crippen LogP contribution in [0.2, 0.25) is 26.2 Å². The molecule has 2 aliphatic rings. The van der Waals surface area contributed by atoms with Crippen molar-refractivity contribution in [2.45, 2.75) is 51.9 Å². The number of nitrogens with zero attached hydrogens (tertiary/aromatic N) is 1. The third-order valence-electron chi connectivity index (χ3n) is 1.02. The summed E-state index contributed by atoms with van der Waals surface area (Å²) >= 11 is 0. The minimum absolute atomic E-state index is 0. The van der Waals surface area contributed by atoms with Gasteiger partial charge in [-0.25, -0.2) is 25.7 Å². The van der Waals surface area contributed by atoms with E-state index < -0.39 is 0 Å². The van der Waals surface area contributed by atoms with Crippen LogP contribution < -0.4 is 0 Å². The summed E-state index contributed by atoms with van der Waals surface area (Å²) in [6, 6.07) is 0. The summed E-state index contributed by atoms with van der Waals surface area (Å²) < 4.78 is 4.48. The van der Waals surface area contributed by atoms with Crippen molar-refractivity contribution in [3.8, 4) is 0 Å². The van der Waals surface area contributed by atoms with Crippen molar-refractivity contribution in [3.63, 3.8) is 0 Å². The minimum Gasteiger partial charge on any atom is -0.673 e. The van der Waals surface area contributed by atoms with Crippen LogP contribution in [-0.4, -0.2) is 17.9 Å². The standard InChI is InChI=1S/C4H12NSi2.2C3H5.CH3.Zr/c1-6(2)5-7(3)4;2*1-2-3-1;;/h1-4H3;2*1H,2-3H2;1H3;/q4*-1;+4. The Morgan fingerprint density at radius 2 is 1.00 bits per heavy atom. The van der Waals surface area contributed by atoms with E-state index in [1.54, 1.807) is 0 Å². The second kappa shape index (κ2) is 15.3. The zero-order valence-corrected chi connectivity index (χ0v) is 15.4. The van der Waals surface area contributed by atoms with Crippen LogP contribution in [-0.2, 0) is 26.2 Å². The maximum absolute atomic E-state index is 4.48. The maximum atomic E-state index is 4.48. The Balaban J connectivity index is -0.000000150. The third kappa shape index (κ3) is 50.9. The Morgan fingerprint density at radius 3 is 1.00 bits per heavy atom. The van der Waals surface area contributed by atoms with Gasteiger partial charge in [0.2, 0.25) is 0 Å². The molecule has 0 aliphatic heterocycles. The van der Waals surface area contributed by atoms with E-state index in [9.17, 15) is 0 Å². The summed E-state index contributed by atoms with van der Waals surface area (Å²) in [7, 11) is -0.528. The molecule has 0 aromatic carbocycles. The molecule has 86 valence electrons. The molecule has 0 spiro atoms. The van der Waals surface area contributed by atoms with E-state index in [4.69, 9.17) is 0 Å². The molecule has 0 atom stereocenters. The fourth-order valence-corrected chi connectivity index (χ4v) is 4.02. The molecule has 0 heterocycles. The number of hydrogen-bond donors (Lipinski definition) is 0.